The van der Waals surface area contributed by atoms with Crippen LogP contribution in [0, 0.1) is 0 Å². The maximum atomic E-state index is 12.4. The molecule has 0 aliphatic rings. The summed E-state index contributed by atoms with van der Waals surface area (Å²) in [7, 11) is 0. The van der Waals surface area contributed by atoms with Gasteiger partial charge in [-0.15, -0.1) is 0 Å². The Kier molecular flexibility index (Phi) is 54.5. The monoisotopic (exact) mass is 930 g/mol. The third-order valence-corrected chi connectivity index (χ3v) is 13.7. The maximum Gasteiger partial charge on any atom is 0.305 e. The highest BCUT2D eigenvalue weighted by Crippen LogP contribution is 2.17. The lowest BCUT2D eigenvalue weighted by Crippen LogP contribution is -2.45. The van der Waals surface area contributed by atoms with Gasteiger partial charge in [0.2, 0.25) is 5.91 Å². The van der Waals surface area contributed by atoms with Gasteiger partial charge in [-0.05, 0) is 57.8 Å². The first-order chi connectivity index (χ1) is 32.5. The topological polar surface area (TPSA) is 95.9 Å². The van der Waals surface area contributed by atoms with Crippen molar-refractivity contribution in [1.82, 2.24) is 5.32 Å². The normalized spacial score (nSPS) is 12.7. The highest BCUT2D eigenvalue weighted by Gasteiger charge is 2.18. The maximum absolute atomic E-state index is 12.4. The second kappa shape index (κ2) is 55.9. The van der Waals surface area contributed by atoms with Crippen molar-refractivity contribution in [2.75, 3.05) is 13.2 Å². The zero-order valence-electron chi connectivity index (χ0n) is 44.4. The molecule has 2 unspecified atom stereocenters. The van der Waals surface area contributed by atoms with Crippen molar-refractivity contribution in [3.05, 3.63) is 24.3 Å². The Bertz CT molecular complexity index is 1030. The number of aliphatic hydroxyl groups excluding tert-OH is 2. The summed E-state index contributed by atoms with van der Waals surface area (Å²) in [5.74, 6) is -0.0774. The number of carbonyl (C=O) groups is 2. The molecule has 0 aromatic rings. The molecule has 0 spiro atoms. The van der Waals surface area contributed by atoms with E-state index in [9.17, 15) is 19.8 Å². The minimum absolute atomic E-state index is 0.00210. The summed E-state index contributed by atoms with van der Waals surface area (Å²) in [6.45, 7) is 4.89. The fraction of sp³-hybridized carbons (Fsp3) is 0.900. The molecular formula is C60H115NO5. The van der Waals surface area contributed by atoms with Gasteiger partial charge in [0.05, 0.1) is 25.4 Å². The number of hydrogen-bond acceptors (Lipinski definition) is 5. The van der Waals surface area contributed by atoms with Crippen LogP contribution in [0.1, 0.15) is 322 Å². The molecule has 6 nitrogen and oxygen atoms in total. The molecule has 0 aromatic carbocycles. The van der Waals surface area contributed by atoms with Gasteiger partial charge in [-0.25, -0.2) is 0 Å². The minimum atomic E-state index is -0.851. The van der Waals surface area contributed by atoms with Crippen molar-refractivity contribution in [1.29, 1.82) is 0 Å². The van der Waals surface area contributed by atoms with Crippen LogP contribution in [0.3, 0.4) is 0 Å². The fourth-order valence-corrected chi connectivity index (χ4v) is 9.16. The highest BCUT2D eigenvalue weighted by molar-refractivity contribution is 5.76. The minimum Gasteiger partial charge on any atom is -0.466 e. The lowest BCUT2D eigenvalue weighted by molar-refractivity contribution is -0.143. The predicted molar refractivity (Wildman–Crippen MR) is 287 cm³/mol. The quantitative estimate of drug-likeness (QED) is 0.0321. The molecule has 3 N–H and O–H groups in total. The first kappa shape index (κ1) is 64.3. The number of unbranched alkanes of at least 4 members (excludes halogenated alkanes) is 42. The molecule has 2 atom stereocenters. The Labute approximate surface area is 411 Å². The summed E-state index contributed by atoms with van der Waals surface area (Å²) in [6.07, 6.45) is 67.8. The second-order valence-corrected chi connectivity index (χ2v) is 20.3. The molecule has 0 saturated heterocycles. The molecule has 0 aromatic heterocycles. The molecule has 0 radical (unpaired) electrons. The number of aliphatic hydroxyl groups is 2. The van der Waals surface area contributed by atoms with Crippen molar-refractivity contribution in [2.24, 2.45) is 0 Å². The molecule has 0 saturated carbocycles. The third-order valence-electron chi connectivity index (χ3n) is 13.7. The summed E-state index contributed by atoms with van der Waals surface area (Å²) >= 11 is 0. The average Bonchev–Trinajstić information content (AvgIpc) is 3.32. The molecule has 0 aliphatic carbocycles. The standard InChI is InChI=1S/C60H115NO5/c1-3-5-7-9-11-13-15-17-18-19-20-23-26-30-34-38-42-46-50-54-60(65)66-55-51-47-43-39-35-31-27-24-21-22-25-29-33-37-41-45-49-53-59(64)61-57(56-62)58(63)52-48-44-40-36-32-28-16-14-12-10-8-6-4-2/h21,24,48,52,57-58,62-63H,3-20,22-23,25-47,49-51,53-56H2,1-2H3,(H,61,64)/b24-21-,52-48+. The van der Waals surface area contributed by atoms with Gasteiger partial charge < -0.3 is 20.3 Å². The molecule has 66 heavy (non-hydrogen) atoms. The number of hydrogen-bond donors (Lipinski definition) is 3. The van der Waals surface area contributed by atoms with Crippen LogP contribution in [0.4, 0.5) is 0 Å². The van der Waals surface area contributed by atoms with Crippen molar-refractivity contribution in [2.45, 2.75) is 334 Å². The third kappa shape index (κ3) is 51.7. The van der Waals surface area contributed by atoms with E-state index in [1.807, 2.05) is 6.08 Å². The van der Waals surface area contributed by atoms with Crippen LogP contribution in [0.5, 0.6) is 0 Å². The fourth-order valence-electron chi connectivity index (χ4n) is 9.16. The number of nitrogens with one attached hydrogen (secondary N) is 1. The van der Waals surface area contributed by atoms with Crippen molar-refractivity contribution < 1.29 is 24.5 Å². The van der Waals surface area contributed by atoms with E-state index >= 15 is 0 Å². The van der Waals surface area contributed by atoms with Crippen LogP contribution in [0.25, 0.3) is 0 Å². The zero-order valence-corrected chi connectivity index (χ0v) is 44.4. The molecule has 390 valence electrons. The van der Waals surface area contributed by atoms with Crippen LogP contribution in [-0.4, -0.2) is 47.4 Å². The summed E-state index contributed by atoms with van der Waals surface area (Å²) in [5, 5.41) is 23.0. The Morgan fingerprint density at radius 1 is 0.409 bits per heavy atom. The SMILES string of the molecule is CCCCCCCCCCCCC/C=C/C(O)C(CO)NC(=O)CCCCCCCCC/C=C\CCCCCCCCOC(=O)CCCCCCCCCCCCCCCCCCCCC. The molecule has 0 heterocycles. The molecule has 0 aliphatic heterocycles. The van der Waals surface area contributed by atoms with E-state index in [0.29, 0.717) is 19.4 Å². The predicted octanol–water partition coefficient (Wildman–Crippen LogP) is 18.2. The summed E-state index contributed by atoms with van der Waals surface area (Å²) < 4.78 is 5.49. The Morgan fingerprint density at radius 3 is 1.08 bits per heavy atom. The number of carbonyl (C=O) groups excluding carboxylic acids is 2. The van der Waals surface area contributed by atoms with Gasteiger partial charge in [-0.1, -0.05) is 276 Å². The van der Waals surface area contributed by atoms with Gasteiger partial charge in [0.25, 0.3) is 0 Å². The average molecular weight is 931 g/mol. The number of allylic oxidation sites excluding steroid dienone is 3. The molecule has 0 rings (SSSR count). The van der Waals surface area contributed by atoms with Gasteiger partial charge in [0.1, 0.15) is 0 Å². The number of amides is 1. The lowest BCUT2D eigenvalue weighted by Gasteiger charge is -2.20. The zero-order chi connectivity index (χ0) is 47.9. The van der Waals surface area contributed by atoms with Gasteiger partial charge in [0, 0.05) is 12.8 Å². The number of rotatable bonds is 55. The van der Waals surface area contributed by atoms with E-state index in [2.05, 4.69) is 31.3 Å². The van der Waals surface area contributed by atoms with Gasteiger partial charge in [-0.2, -0.15) is 0 Å². The Morgan fingerprint density at radius 2 is 0.712 bits per heavy atom. The van der Waals surface area contributed by atoms with E-state index < -0.39 is 12.1 Å². The largest absolute Gasteiger partial charge is 0.466 e. The van der Waals surface area contributed by atoms with Crippen LogP contribution in [0.15, 0.2) is 24.3 Å². The van der Waals surface area contributed by atoms with Crippen LogP contribution < -0.4 is 5.32 Å². The highest BCUT2D eigenvalue weighted by atomic mass is 16.5. The summed E-state index contributed by atoms with van der Waals surface area (Å²) in [4.78, 5) is 24.5. The van der Waals surface area contributed by atoms with E-state index in [-0.39, 0.29) is 18.5 Å². The molecule has 1 amide bonds. The Hall–Kier alpha value is -1.66. The first-order valence-electron chi connectivity index (χ1n) is 29.6. The van der Waals surface area contributed by atoms with E-state index in [0.717, 1.165) is 57.8 Å². The summed E-state index contributed by atoms with van der Waals surface area (Å²) in [5.41, 5.74) is 0. The van der Waals surface area contributed by atoms with Crippen LogP contribution >= 0.6 is 0 Å². The summed E-state index contributed by atoms with van der Waals surface area (Å²) in [6, 6.07) is -0.636. The van der Waals surface area contributed by atoms with Gasteiger partial charge >= 0.3 is 5.97 Å². The molecule has 0 bridgehead atoms. The van der Waals surface area contributed by atoms with Gasteiger partial charge in [0.15, 0.2) is 0 Å². The van der Waals surface area contributed by atoms with Crippen molar-refractivity contribution in [3.63, 3.8) is 0 Å². The molecule has 0 fully saturated rings. The molecule has 6 heteroatoms. The number of esters is 1. The lowest BCUT2D eigenvalue weighted by atomic mass is 10.0. The second-order valence-electron chi connectivity index (χ2n) is 20.3. The molecular weight excluding hydrogens is 815 g/mol. The van der Waals surface area contributed by atoms with Crippen LogP contribution in [-0.2, 0) is 14.3 Å². The smallest absolute Gasteiger partial charge is 0.305 e. The first-order valence-corrected chi connectivity index (χ1v) is 29.6. The number of ether oxygens (including phenoxy) is 1. The Balaban J connectivity index is 3.44. The van der Waals surface area contributed by atoms with E-state index in [1.54, 1.807) is 6.08 Å². The van der Waals surface area contributed by atoms with Crippen molar-refractivity contribution in [3.8, 4) is 0 Å². The van der Waals surface area contributed by atoms with E-state index in [4.69, 9.17) is 4.74 Å². The van der Waals surface area contributed by atoms with E-state index in [1.165, 1.54) is 238 Å². The van der Waals surface area contributed by atoms with Crippen LogP contribution in [0.2, 0.25) is 0 Å². The van der Waals surface area contributed by atoms with Crippen molar-refractivity contribution >= 4 is 11.9 Å². The van der Waals surface area contributed by atoms with Gasteiger partial charge in [-0.3, -0.25) is 9.59 Å².